The van der Waals surface area contributed by atoms with E-state index in [1.54, 1.807) is 13.2 Å². The van der Waals surface area contributed by atoms with Crippen molar-refractivity contribution in [2.24, 2.45) is 0 Å². The van der Waals surface area contributed by atoms with Crippen LogP contribution in [-0.2, 0) is 4.79 Å². The van der Waals surface area contributed by atoms with Crippen LogP contribution in [0, 0.1) is 0 Å². The van der Waals surface area contributed by atoms with Crippen molar-refractivity contribution in [3.8, 4) is 5.75 Å². The van der Waals surface area contributed by atoms with Gasteiger partial charge in [0.25, 0.3) is 0 Å². The third-order valence-corrected chi connectivity index (χ3v) is 5.26. The number of imide groups is 1. The van der Waals surface area contributed by atoms with Crippen molar-refractivity contribution in [1.29, 1.82) is 0 Å². The van der Waals surface area contributed by atoms with Gasteiger partial charge in [0.05, 0.1) is 12.8 Å². The Bertz CT molecular complexity index is 706. The summed E-state index contributed by atoms with van der Waals surface area (Å²) in [6, 6.07) is 10.5. The molecule has 0 heterocycles. The topological polar surface area (TPSA) is 67.4 Å². The van der Waals surface area contributed by atoms with E-state index >= 15 is 0 Å². The molecule has 2 aromatic rings. The number of benzene rings is 2. The molecule has 0 bridgehead atoms. The van der Waals surface area contributed by atoms with Crippen LogP contribution in [0.4, 0.5) is 10.5 Å². The molecule has 3 amide bonds. The predicted octanol–water partition coefficient (Wildman–Crippen LogP) is 3.65. The van der Waals surface area contributed by atoms with Crippen LogP contribution >= 0.6 is 31.9 Å². The molecule has 0 aliphatic heterocycles. The molecule has 116 valence electrons. The second kappa shape index (κ2) is 7.60. The summed E-state index contributed by atoms with van der Waals surface area (Å²) >= 11 is 6.33. The van der Waals surface area contributed by atoms with Crippen molar-refractivity contribution in [1.82, 2.24) is 5.32 Å². The molecule has 0 aliphatic carbocycles. The first-order valence-electron chi connectivity index (χ1n) is 6.44. The molecule has 0 fully saturated rings. The number of carbonyl (C=O) groups excluding carboxylic acids is 2. The minimum absolute atomic E-state index is 0.410. The van der Waals surface area contributed by atoms with Crippen LogP contribution in [0.2, 0.25) is 0 Å². The van der Waals surface area contributed by atoms with Gasteiger partial charge in [-0.25, -0.2) is 4.79 Å². The van der Waals surface area contributed by atoms with Gasteiger partial charge in [-0.15, -0.1) is 0 Å². The van der Waals surface area contributed by atoms with Gasteiger partial charge >= 0.3 is 6.03 Å². The lowest BCUT2D eigenvalue weighted by Crippen LogP contribution is -2.39. The second-order valence-electron chi connectivity index (χ2n) is 4.43. The molecule has 1 unspecified atom stereocenters. The number of carbonyl (C=O) groups is 2. The van der Waals surface area contributed by atoms with Crippen LogP contribution in [-0.4, -0.2) is 29.2 Å². The maximum absolute atomic E-state index is 11.9. The van der Waals surface area contributed by atoms with Crippen LogP contribution in [0.5, 0.6) is 5.75 Å². The van der Waals surface area contributed by atoms with Crippen molar-refractivity contribution >= 4 is 60.3 Å². The molecule has 2 aromatic carbocycles. The van der Waals surface area contributed by atoms with Gasteiger partial charge in [-0.1, -0.05) is 56.1 Å². The molecular weight excluding hydrogens is 416 g/mol. The Morgan fingerprint density at radius 3 is 2.55 bits per heavy atom. The van der Waals surface area contributed by atoms with Crippen molar-refractivity contribution in [3.63, 3.8) is 0 Å². The number of fused-ring (bicyclic) bond motifs is 1. The van der Waals surface area contributed by atoms with Gasteiger partial charge in [0, 0.05) is 16.1 Å². The highest BCUT2D eigenvalue weighted by Crippen LogP contribution is 2.30. The highest BCUT2D eigenvalue weighted by Gasteiger charge is 2.16. The summed E-state index contributed by atoms with van der Waals surface area (Å²) in [5.41, 5.74) is 0.603. The summed E-state index contributed by atoms with van der Waals surface area (Å²) in [7, 11) is 1.59. The Morgan fingerprint density at radius 1 is 1.18 bits per heavy atom. The van der Waals surface area contributed by atoms with Crippen molar-refractivity contribution in [3.05, 3.63) is 36.4 Å². The molecule has 0 saturated carbocycles. The van der Waals surface area contributed by atoms with Gasteiger partial charge in [-0.05, 0) is 12.1 Å². The zero-order valence-corrected chi connectivity index (χ0v) is 14.9. The third-order valence-electron chi connectivity index (χ3n) is 3.01. The molecule has 5 nitrogen and oxygen atoms in total. The summed E-state index contributed by atoms with van der Waals surface area (Å²) in [5, 5.41) is 7.09. The van der Waals surface area contributed by atoms with E-state index in [4.69, 9.17) is 4.74 Å². The first kappa shape index (κ1) is 16.8. The van der Waals surface area contributed by atoms with Crippen LogP contribution in [0.3, 0.4) is 0 Å². The standard InChI is InChI=1S/C15H14Br2N2O3/c1-22-13-7-3-4-9-10(13)5-2-6-12(9)18-15(21)19-14(20)11(17)8-16/h2-7,11H,8H2,1H3,(H2,18,19,20,21). The molecule has 0 saturated heterocycles. The number of amides is 3. The minimum atomic E-state index is -0.578. The van der Waals surface area contributed by atoms with E-state index in [1.165, 1.54) is 0 Å². The Hall–Kier alpha value is -1.60. The number of rotatable bonds is 4. The lowest BCUT2D eigenvalue weighted by Gasteiger charge is -2.12. The Balaban J connectivity index is 2.22. The second-order valence-corrected chi connectivity index (χ2v) is 6.18. The fraction of sp³-hybridized carbons (Fsp3) is 0.200. The number of methoxy groups -OCH3 is 1. The van der Waals surface area contributed by atoms with Crippen molar-refractivity contribution in [2.75, 3.05) is 17.8 Å². The van der Waals surface area contributed by atoms with E-state index in [2.05, 4.69) is 42.5 Å². The molecule has 0 radical (unpaired) electrons. The van der Waals surface area contributed by atoms with E-state index in [1.807, 2.05) is 30.3 Å². The first-order valence-corrected chi connectivity index (χ1v) is 8.48. The largest absolute Gasteiger partial charge is 0.496 e. The molecule has 1 atom stereocenters. The molecule has 0 aromatic heterocycles. The lowest BCUT2D eigenvalue weighted by atomic mass is 10.1. The SMILES string of the molecule is COc1cccc2c(NC(=O)NC(=O)C(Br)CBr)cccc12. The van der Waals surface area contributed by atoms with Crippen LogP contribution < -0.4 is 15.4 Å². The zero-order valence-electron chi connectivity index (χ0n) is 11.7. The van der Waals surface area contributed by atoms with Gasteiger partial charge in [0.15, 0.2) is 0 Å². The molecular formula is C15H14Br2N2O3. The maximum atomic E-state index is 11.9. The minimum Gasteiger partial charge on any atom is -0.496 e. The summed E-state index contributed by atoms with van der Waals surface area (Å²) in [4.78, 5) is 23.1. The Morgan fingerprint density at radius 2 is 1.86 bits per heavy atom. The predicted molar refractivity (Wildman–Crippen MR) is 94.2 cm³/mol. The zero-order chi connectivity index (χ0) is 16.1. The Kier molecular flexibility index (Phi) is 5.79. The third kappa shape index (κ3) is 3.78. The molecule has 2 N–H and O–H groups in total. The maximum Gasteiger partial charge on any atom is 0.325 e. The van der Waals surface area contributed by atoms with E-state index in [0.717, 1.165) is 16.5 Å². The monoisotopic (exact) mass is 428 g/mol. The number of anilines is 1. The smallest absolute Gasteiger partial charge is 0.325 e. The molecule has 2 rings (SSSR count). The van der Waals surface area contributed by atoms with E-state index in [-0.39, 0.29) is 0 Å². The van der Waals surface area contributed by atoms with Gasteiger partial charge in [-0.2, -0.15) is 0 Å². The number of nitrogens with one attached hydrogen (secondary N) is 2. The van der Waals surface area contributed by atoms with Crippen molar-refractivity contribution in [2.45, 2.75) is 4.83 Å². The van der Waals surface area contributed by atoms with E-state index in [0.29, 0.717) is 11.0 Å². The highest BCUT2D eigenvalue weighted by atomic mass is 79.9. The summed E-state index contributed by atoms with van der Waals surface area (Å²) in [6.45, 7) is 0. The molecule has 0 spiro atoms. The summed E-state index contributed by atoms with van der Waals surface area (Å²) < 4.78 is 5.30. The number of hydrogen-bond donors (Lipinski definition) is 2. The average Bonchev–Trinajstić information content (AvgIpc) is 2.53. The summed E-state index contributed by atoms with van der Waals surface area (Å²) in [6.07, 6.45) is 0. The lowest BCUT2D eigenvalue weighted by molar-refractivity contribution is -0.118. The normalized spacial score (nSPS) is 11.8. The van der Waals surface area contributed by atoms with Gasteiger partial charge in [-0.3, -0.25) is 10.1 Å². The van der Waals surface area contributed by atoms with Gasteiger partial charge in [0.1, 0.15) is 10.6 Å². The van der Waals surface area contributed by atoms with Crippen LogP contribution in [0.25, 0.3) is 10.8 Å². The quantitative estimate of drug-likeness (QED) is 0.729. The van der Waals surface area contributed by atoms with Gasteiger partial charge < -0.3 is 10.1 Å². The van der Waals surface area contributed by atoms with Crippen LogP contribution in [0.1, 0.15) is 0 Å². The molecule has 0 aliphatic rings. The number of alkyl halides is 2. The highest BCUT2D eigenvalue weighted by molar-refractivity contribution is 9.12. The van der Waals surface area contributed by atoms with Crippen LogP contribution in [0.15, 0.2) is 36.4 Å². The Labute approximate surface area is 144 Å². The summed E-state index contributed by atoms with van der Waals surface area (Å²) in [5.74, 6) is 0.310. The first-order chi connectivity index (χ1) is 10.6. The fourth-order valence-electron chi connectivity index (χ4n) is 1.98. The number of ether oxygens (including phenoxy) is 1. The number of hydrogen-bond acceptors (Lipinski definition) is 3. The van der Waals surface area contributed by atoms with E-state index in [9.17, 15) is 9.59 Å². The number of halogens is 2. The van der Waals surface area contributed by atoms with E-state index < -0.39 is 16.8 Å². The average molecular weight is 430 g/mol. The van der Waals surface area contributed by atoms with Crippen molar-refractivity contribution < 1.29 is 14.3 Å². The van der Waals surface area contributed by atoms with Gasteiger partial charge in [0.2, 0.25) is 5.91 Å². The molecule has 7 heteroatoms. The number of urea groups is 1. The fourth-order valence-corrected chi connectivity index (χ4v) is 2.39. The molecule has 22 heavy (non-hydrogen) atoms.